The van der Waals surface area contributed by atoms with Crippen LogP contribution in [0.5, 0.6) is 0 Å². The van der Waals surface area contributed by atoms with Crippen LogP contribution in [0.2, 0.25) is 0 Å². The van der Waals surface area contributed by atoms with Gasteiger partial charge in [-0.2, -0.15) is 0 Å². The van der Waals surface area contributed by atoms with Crippen LogP contribution in [0.1, 0.15) is 40.2 Å². The molecule has 2 atom stereocenters. The van der Waals surface area contributed by atoms with E-state index in [1.54, 1.807) is 6.08 Å². The second-order valence-electron chi connectivity index (χ2n) is 11.0. The first-order valence-corrected chi connectivity index (χ1v) is 16.4. The van der Waals surface area contributed by atoms with Gasteiger partial charge in [0.25, 0.3) is 0 Å². The van der Waals surface area contributed by atoms with Crippen LogP contribution in [0.4, 0.5) is 0 Å². The van der Waals surface area contributed by atoms with Gasteiger partial charge in [-0.15, -0.1) is 0 Å². The van der Waals surface area contributed by atoms with E-state index in [1.165, 1.54) is 16.7 Å². The lowest BCUT2D eigenvalue weighted by Gasteiger charge is -2.29. The Balaban J connectivity index is 1.30. The van der Waals surface area contributed by atoms with E-state index < -0.39 is 0 Å². The normalized spacial score (nSPS) is 17.3. The van der Waals surface area contributed by atoms with Gasteiger partial charge in [0.05, 0.1) is 6.04 Å². The van der Waals surface area contributed by atoms with Crippen LogP contribution < -0.4 is 10.6 Å². The minimum Gasteiger partial charge on any atom is -0.351 e. The zero-order valence-corrected chi connectivity index (χ0v) is 26.4. The molecule has 0 aliphatic carbocycles. The van der Waals surface area contributed by atoms with Crippen molar-refractivity contribution in [1.82, 2.24) is 15.5 Å². The van der Waals surface area contributed by atoms with Gasteiger partial charge in [-0.25, -0.2) is 0 Å². The number of alkyl halides is 1. The summed E-state index contributed by atoms with van der Waals surface area (Å²) in [7, 11) is 0. The SMILES string of the molecule is O=C(/C=C/c1ccc(CI)cc1)NC[C@@H]1CCN(CC(c2ccccc2)c2ccccc2)C(=O)[C@H](Cc2ccccc2)N1. The first kappa shape index (κ1) is 30.7. The Morgan fingerprint density at radius 1 is 0.860 bits per heavy atom. The molecule has 0 aromatic heterocycles. The molecule has 1 aliphatic rings. The lowest BCUT2D eigenvalue weighted by molar-refractivity contribution is -0.132. The van der Waals surface area contributed by atoms with Crippen LogP contribution in [0.25, 0.3) is 6.08 Å². The van der Waals surface area contributed by atoms with Crippen molar-refractivity contribution < 1.29 is 9.59 Å². The maximum Gasteiger partial charge on any atom is 0.244 e. The molecule has 4 aromatic rings. The van der Waals surface area contributed by atoms with Crippen LogP contribution in [0.3, 0.4) is 0 Å². The Hall–Kier alpha value is -3.75. The number of carbonyl (C=O) groups excluding carboxylic acids is 2. The summed E-state index contributed by atoms with van der Waals surface area (Å²) in [6, 6.07) is 38.8. The predicted octanol–water partition coefficient (Wildman–Crippen LogP) is 6.38. The fourth-order valence-electron chi connectivity index (χ4n) is 5.59. The number of carbonyl (C=O) groups is 2. The summed E-state index contributed by atoms with van der Waals surface area (Å²) in [5, 5.41) is 6.67. The zero-order chi connectivity index (χ0) is 29.9. The molecule has 0 radical (unpaired) electrons. The predicted molar refractivity (Wildman–Crippen MR) is 183 cm³/mol. The highest BCUT2D eigenvalue weighted by molar-refractivity contribution is 14.1. The second-order valence-corrected chi connectivity index (χ2v) is 11.8. The molecular formula is C37H38IN3O2. The standard InChI is InChI=1S/C37H38IN3O2/c38-25-30-18-16-28(17-19-30)20-21-36(42)39-26-33-22-23-41(37(43)35(40-33)24-29-10-4-1-5-11-29)27-34(31-12-6-2-7-13-31)32-14-8-3-9-15-32/h1-21,33-35,40H,22-27H2,(H,39,42)/b21-20+/t33-,35-/m0/s1. The van der Waals surface area contributed by atoms with Gasteiger partial charge in [-0.05, 0) is 46.7 Å². The number of halogens is 1. The first-order valence-electron chi connectivity index (χ1n) is 14.9. The van der Waals surface area contributed by atoms with Crippen molar-refractivity contribution in [2.24, 2.45) is 0 Å². The molecule has 5 rings (SSSR count). The van der Waals surface area contributed by atoms with Gasteiger partial charge in [0.2, 0.25) is 11.8 Å². The van der Waals surface area contributed by atoms with E-state index in [0.717, 1.165) is 22.0 Å². The van der Waals surface area contributed by atoms with Gasteiger partial charge >= 0.3 is 0 Å². The molecule has 220 valence electrons. The number of benzene rings is 4. The lowest BCUT2D eigenvalue weighted by Crippen LogP contribution is -2.50. The minimum absolute atomic E-state index is 0.0325. The Morgan fingerprint density at radius 2 is 1.47 bits per heavy atom. The molecular weight excluding hydrogens is 645 g/mol. The molecule has 1 heterocycles. The van der Waals surface area contributed by atoms with Crippen molar-refractivity contribution in [2.45, 2.75) is 35.3 Å². The van der Waals surface area contributed by atoms with Crippen molar-refractivity contribution in [1.29, 1.82) is 0 Å². The molecule has 0 bridgehead atoms. The number of rotatable bonds is 11. The van der Waals surface area contributed by atoms with Crippen molar-refractivity contribution in [3.8, 4) is 0 Å². The highest BCUT2D eigenvalue weighted by Crippen LogP contribution is 2.27. The lowest BCUT2D eigenvalue weighted by atomic mass is 9.90. The van der Waals surface area contributed by atoms with Crippen molar-refractivity contribution in [3.63, 3.8) is 0 Å². The van der Waals surface area contributed by atoms with Crippen molar-refractivity contribution in [2.75, 3.05) is 19.6 Å². The molecule has 1 saturated heterocycles. The summed E-state index contributed by atoms with van der Waals surface area (Å²) >= 11 is 2.34. The minimum atomic E-state index is -0.383. The van der Waals surface area contributed by atoms with Gasteiger partial charge in [-0.3, -0.25) is 9.59 Å². The summed E-state index contributed by atoms with van der Waals surface area (Å²) in [5.41, 5.74) is 5.74. The van der Waals surface area contributed by atoms with E-state index >= 15 is 0 Å². The van der Waals surface area contributed by atoms with Crippen LogP contribution in [0.15, 0.2) is 121 Å². The molecule has 43 heavy (non-hydrogen) atoms. The number of nitrogens with zero attached hydrogens (tertiary/aromatic N) is 1. The van der Waals surface area contributed by atoms with Crippen LogP contribution in [0, 0.1) is 0 Å². The largest absolute Gasteiger partial charge is 0.351 e. The molecule has 0 saturated carbocycles. The summed E-state index contributed by atoms with van der Waals surface area (Å²) in [5.74, 6) is 0.0282. The van der Waals surface area contributed by atoms with E-state index in [0.29, 0.717) is 26.1 Å². The summed E-state index contributed by atoms with van der Waals surface area (Å²) in [6.07, 6.45) is 4.76. The van der Waals surface area contributed by atoms with Gasteiger partial charge < -0.3 is 15.5 Å². The number of hydrogen-bond donors (Lipinski definition) is 2. The molecule has 6 heteroatoms. The third-order valence-corrected chi connectivity index (χ3v) is 8.85. The van der Waals surface area contributed by atoms with E-state index in [1.807, 2.05) is 53.4 Å². The fraction of sp³-hybridized carbons (Fsp3) is 0.243. The van der Waals surface area contributed by atoms with Gasteiger partial charge in [0.15, 0.2) is 0 Å². The number of nitrogens with one attached hydrogen (secondary N) is 2. The van der Waals surface area contributed by atoms with Crippen LogP contribution in [-0.4, -0.2) is 48.4 Å². The van der Waals surface area contributed by atoms with E-state index in [4.69, 9.17) is 0 Å². The van der Waals surface area contributed by atoms with E-state index in [9.17, 15) is 9.59 Å². The quantitative estimate of drug-likeness (QED) is 0.110. The Kier molecular flexibility index (Phi) is 11.2. The van der Waals surface area contributed by atoms with Crippen LogP contribution in [-0.2, 0) is 20.4 Å². The first-order chi connectivity index (χ1) is 21.1. The highest BCUT2D eigenvalue weighted by Gasteiger charge is 2.32. The fourth-order valence-corrected chi connectivity index (χ4v) is 6.10. The number of amides is 2. The highest BCUT2D eigenvalue weighted by atomic mass is 127. The molecule has 5 nitrogen and oxygen atoms in total. The third kappa shape index (κ3) is 8.88. The molecule has 2 amide bonds. The van der Waals surface area contributed by atoms with Crippen LogP contribution >= 0.6 is 22.6 Å². The Labute approximate surface area is 268 Å². The topological polar surface area (TPSA) is 61.4 Å². The maximum absolute atomic E-state index is 14.1. The Bertz CT molecular complexity index is 1440. The molecule has 1 fully saturated rings. The summed E-state index contributed by atoms with van der Waals surface area (Å²) in [4.78, 5) is 28.8. The molecule has 2 N–H and O–H groups in total. The average molecular weight is 684 g/mol. The van der Waals surface area contributed by atoms with E-state index in [-0.39, 0.29) is 29.8 Å². The maximum atomic E-state index is 14.1. The average Bonchev–Trinajstić information content (AvgIpc) is 3.21. The number of hydrogen-bond acceptors (Lipinski definition) is 3. The van der Waals surface area contributed by atoms with Crippen molar-refractivity contribution >= 4 is 40.5 Å². The smallest absolute Gasteiger partial charge is 0.244 e. The van der Waals surface area contributed by atoms with Crippen molar-refractivity contribution in [3.05, 3.63) is 149 Å². The van der Waals surface area contributed by atoms with Gasteiger partial charge in [0.1, 0.15) is 0 Å². The third-order valence-electron chi connectivity index (χ3n) is 7.97. The summed E-state index contributed by atoms with van der Waals surface area (Å²) < 4.78 is 0.959. The monoisotopic (exact) mass is 683 g/mol. The molecule has 4 aromatic carbocycles. The summed E-state index contributed by atoms with van der Waals surface area (Å²) in [6.45, 7) is 1.66. The van der Waals surface area contributed by atoms with E-state index in [2.05, 4.69) is 106 Å². The molecule has 0 unspecified atom stereocenters. The van der Waals surface area contributed by atoms with Gasteiger partial charge in [0, 0.05) is 42.1 Å². The zero-order valence-electron chi connectivity index (χ0n) is 24.2. The Morgan fingerprint density at radius 3 is 2.07 bits per heavy atom. The second kappa shape index (κ2) is 15.6. The molecule has 0 spiro atoms. The van der Waals surface area contributed by atoms with Gasteiger partial charge in [-0.1, -0.05) is 138 Å². The molecule has 1 aliphatic heterocycles.